The van der Waals surface area contributed by atoms with Crippen molar-refractivity contribution in [1.29, 1.82) is 0 Å². The standard InChI is InChI=1S/C18H31N3O.HI/c1-6-8-13-21(4)18(19-7-2)20-12-11-16-10-9-15(3)17(14-16)22-5;/h9-10,14H,6-8,11-13H2,1-5H3,(H,19,20);1H. The van der Waals surface area contributed by atoms with Gasteiger partial charge in [0.1, 0.15) is 5.75 Å². The Kier molecular flexibility index (Phi) is 11.9. The van der Waals surface area contributed by atoms with Crippen LogP contribution in [0.3, 0.4) is 0 Å². The molecule has 5 heteroatoms. The Morgan fingerprint density at radius 2 is 2.04 bits per heavy atom. The maximum absolute atomic E-state index is 5.38. The molecule has 1 aromatic carbocycles. The van der Waals surface area contributed by atoms with Crippen LogP contribution in [0.5, 0.6) is 5.75 Å². The van der Waals surface area contributed by atoms with Gasteiger partial charge in [0.05, 0.1) is 7.11 Å². The lowest BCUT2D eigenvalue weighted by Crippen LogP contribution is -2.39. The van der Waals surface area contributed by atoms with Crippen LogP contribution in [0.25, 0.3) is 0 Å². The molecular weight excluding hydrogens is 401 g/mol. The Labute approximate surface area is 158 Å². The Bertz CT molecular complexity index is 477. The van der Waals surface area contributed by atoms with Gasteiger partial charge in [-0.25, -0.2) is 0 Å². The number of nitrogens with one attached hydrogen (secondary N) is 1. The number of hydrogen-bond acceptors (Lipinski definition) is 2. The molecule has 1 aromatic rings. The summed E-state index contributed by atoms with van der Waals surface area (Å²) in [7, 11) is 3.82. The lowest BCUT2D eigenvalue weighted by molar-refractivity contribution is 0.411. The zero-order valence-corrected chi connectivity index (χ0v) is 17.5. The van der Waals surface area contributed by atoms with Gasteiger partial charge in [-0.2, -0.15) is 0 Å². The molecule has 0 unspecified atom stereocenters. The minimum Gasteiger partial charge on any atom is -0.496 e. The predicted octanol–water partition coefficient (Wildman–Crippen LogP) is 3.86. The summed E-state index contributed by atoms with van der Waals surface area (Å²) in [6, 6.07) is 6.37. The number of nitrogens with zero attached hydrogens (tertiary/aromatic N) is 2. The van der Waals surface area contributed by atoms with Gasteiger partial charge in [0, 0.05) is 26.7 Å². The third-order valence-electron chi connectivity index (χ3n) is 3.68. The second-order valence-corrected chi connectivity index (χ2v) is 5.56. The highest BCUT2D eigenvalue weighted by atomic mass is 127. The molecular formula is C18H32IN3O. The number of hydrogen-bond donors (Lipinski definition) is 1. The Morgan fingerprint density at radius 3 is 2.65 bits per heavy atom. The fourth-order valence-electron chi connectivity index (χ4n) is 2.28. The number of rotatable bonds is 8. The highest BCUT2D eigenvalue weighted by Crippen LogP contribution is 2.19. The summed E-state index contributed by atoms with van der Waals surface area (Å²) in [5.41, 5.74) is 2.43. The molecule has 0 radical (unpaired) electrons. The van der Waals surface area contributed by atoms with Gasteiger partial charge < -0.3 is 15.0 Å². The number of ether oxygens (including phenoxy) is 1. The number of aryl methyl sites for hydroxylation is 1. The lowest BCUT2D eigenvalue weighted by atomic mass is 10.1. The average molecular weight is 433 g/mol. The number of unbranched alkanes of at least 4 members (excludes halogenated alkanes) is 1. The summed E-state index contributed by atoms with van der Waals surface area (Å²) < 4.78 is 5.38. The lowest BCUT2D eigenvalue weighted by Gasteiger charge is -2.21. The highest BCUT2D eigenvalue weighted by Gasteiger charge is 2.05. The van der Waals surface area contributed by atoms with E-state index in [-0.39, 0.29) is 24.0 Å². The van der Waals surface area contributed by atoms with Gasteiger partial charge in [-0.05, 0) is 43.9 Å². The molecule has 1 rings (SSSR count). The van der Waals surface area contributed by atoms with Crippen LogP contribution in [0.4, 0.5) is 0 Å². The summed E-state index contributed by atoms with van der Waals surface area (Å²) in [5.74, 6) is 1.95. The summed E-state index contributed by atoms with van der Waals surface area (Å²) in [6.45, 7) is 9.10. The van der Waals surface area contributed by atoms with E-state index in [1.807, 2.05) is 0 Å². The summed E-state index contributed by atoms with van der Waals surface area (Å²) >= 11 is 0. The smallest absolute Gasteiger partial charge is 0.193 e. The Morgan fingerprint density at radius 1 is 1.30 bits per heavy atom. The molecule has 0 amide bonds. The molecule has 0 atom stereocenters. The minimum atomic E-state index is 0. The number of benzene rings is 1. The molecule has 0 saturated heterocycles. The van der Waals surface area contributed by atoms with Crippen LogP contribution in [0.1, 0.15) is 37.8 Å². The molecule has 0 heterocycles. The molecule has 1 N–H and O–H groups in total. The van der Waals surface area contributed by atoms with Gasteiger partial charge in [-0.15, -0.1) is 24.0 Å². The van der Waals surface area contributed by atoms with E-state index in [4.69, 9.17) is 9.73 Å². The molecule has 0 aromatic heterocycles. The van der Waals surface area contributed by atoms with Gasteiger partial charge in [-0.1, -0.05) is 25.5 Å². The molecule has 0 aliphatic rings. The van der Waals surface area contributed by atoms with Crippen LogP contribution in [-0.4, -0.2) is 44.7 Å². The first-order valence-electron chi connectivity index (χ1n) is 8.25. The van der Waals surface area contributed by atoms with Crippen molar-refractivity contribution in [2.24, 2.45) is 4.99 Å². The van der Waals surface area contributed by atoms with Gasteiger partial charge in [0.2, 0.25) is 0 Å². The highest BCUT2D eigenvalue weighted by molar-refractivity contribution is 14.0. The van der Waals surface area contributed by atoms with Crippen molar-refractivity contribution in [3.05, 3.63) is 29.3 Å². The molecule has 23 heavy (non-hydrogen) atoms. The number of guanidine groups is 1. The molecule has 0 bridgehead atoms. The fourth-order valence-corrected chi connectivity index (χ4v) is 2.28. The van der Waals surface area contributed by atoms with E-state index in [0.29, 0.717) is 0 Å². The molecule has 0 saturated carbocycles. The minimum absolute atomic E-state index is 0. The maximum Gasteiger partial charge on any atom is 0.193 e. The third-order valence-corrected chi connectivity index (χ3v) is 3.68. The quantitative estimate of drug-likeness (QED) is 0.384. The first-order valence-corrected chi connectivity index (χ1v) is 8.25. The van der Waals surface area contributed by atoms with E-state index in [9.17, 15) is 0 Å². The number of halogens is 1. The molecule has 0 aliphatic heterocycles. The van der Waals surface area contributed by atoms with E-state index in [2.05, 4.69) is 56.2 Å². The Balaban J connectivity index is 0.00000484. The van der Waals surface area contributed by atoms with Crippen LogP contribution >= 0.6 is 24.0 Å². The average Bonchev–Trinajstić information content (AvgIpc) is 2.53. The van der Waals surface area contributed by atoms with Crippen molar-refractivity contribution in [3.63, 3.8) is 0 Å². The largest absolute Gasteiger partial charge is 0.496 e. The summed E-state index contributed by atoms with van der Waals surface area (Å²) in [5, 5.41) is 3.36. The van der Waals surface area contributed by atoms with E-state index >= 15 is 0 Å². The van der Waals surface area contributed by atoms with Crippen LogP contribution in [0.15, 0.2) is 23.2 Å². The second kappa shape index (κ2) is 12.4. The molecule has 0 aliphatic carbocycles. The third kappa shape index (κ3) is 7.90. The van der Waals surface area contributed by atoms with Crippen molar-refractivity contribution in [2.45, 2.75) is 40.0 Å². The van der Waals surface area contributed by atoms with Crippen LogP contribution in [0.2, 0.25) is 0 Å². The molecule has 4 nitrogen and oxygen atoms in total. The van der Waals surface area contributed by atoms with Gasteiger partial charge in [-0.3, -0.25) is 4.99 Å². The monoisotopic (exact) mass is 433 g/mol. The van der Waals surface area contributed by atoms with Crippen molar-refractivity contribution in [2.75, 3.05) is 33.8 Å². The van der Waals surface area contributed by atoms with Crippen LogP contribution < -0.4 is 10.1 Å². The molecule has 0 spiro atoms. The van der Waals surface area contributed by atoms with Gasteiger partial charge >= 0.3 is 0 Å². The zero-order chi connectivity index (χ0) is 16.4. The van der Waals surface area contributed by atoms with Crippen LogP contribution in [0, 0.1) is 6.92 Å². The maximum atomic E-state index is 5.38. The van der Waals surface area contributed by atoms with E-state index in [1.54, 1.807) is 7.11 Å². The second-order valence-electron chi connectivity index (χ2n) is 5.56. The van der Waals surface area contributed by atoms with Crippen molar-refractivity contribution >= 4 is 29.9 Å². The van der Waals surface area contributed by atoms with Crippen molar-refractivity contribution in [3.8, 4) is 5.75 Å². The normalized spacial score (nSPS) is 10.9. The van der Waals surface area contributed by atoms with Gasteiger partial charge in [0.15, 0.2) is 5.96 Å². The SMILES string of the molecule is CCCCN(C)C(=NCCc1ccc(C)c(OC)c1)NCC.I. The molecule has 0 fully saturated rings. The predicted molar refractivity (Wildman–Crippen MR) is 110 cm³/mol. The number of aliphatic imine (C=N–C) groups is 1. The first kappa shape index (κ1) is 22.0. The number of methoxy groups -OCH3 is 1. The van der Waals surface area contributed by atoms with E-state index in [0.717, 1.165) is 37.8 Å². The zero-order valence-electron chi connectivity index (χ0n) is 15.2. The Hall–Kier alpha value is -0.980. The van der Waals surface area contributed by atoms with Crippen molar-refractivity contribution in [1.82, 2.24) is 10.2 Å². The topological polar surface area (TPSA) is 36.9 Å². The van der Waals surface area contributed by atoms with Crippen molar-refractivity contribution < 1.29 is 4.74 Å². The van der Waals surface area contributed by atoms with Crippen LogP contribution in [-0.2, 0) is 6.42 Å². The molecule has 132 valence electrons. The van der Waals surface area contributed by atoms with E-state index < -0.39 is 0 Å². The van der Waals surface area contributed by atoms with E-state index in [1.165, 1.54) is 24.0 Å². The first-order chi connectivity index (χ1) is 10.6. The summed E-state index contributed by atoms with van der Waals surface area (Å²) in [6.07, 6.45) is 3.32. The summed E-state index contributed by atoms with van der Waals surface area (Å²) in [4.78, 5) is 6.94. The fraction of sp³-hybridized carbons (Fsp3) is 0.611. The van der Waals surface area contributed by atoms with Gasteiger partial charge in [0.25, 0.3) is 0 Å².